The van der Waals surface area contributed by atoms with Crippen LogP contribution in [0.15, 0.2) is 84.9 Å². The summed E-state index contributed by atoms with van der Waals surface area (Å²) in [6.45, 7) is 1.85. The van der Waals surface area contributed by atoms with E-state index in [0.29, 0.717) is 17.1 Å². The van der Waals surface area contributed by atoms with Crippen LogP contribution in [0.25, 0.3) is 0 Å². The van der Waals surface area contributed by atoms with E-state index >= 15 is 0 Å². The molecule has 5 nitrogen and oxygen atoms in total. The van der Waals surface area contributed by atoms with Gasteiger partial charge in [-0.05, 0) is 36.8 Å². The molecule has 140 valence electrons. The summed E-state index contributed by atoms with van der Waals surface area (Å²) in [5.41, 5.74) is 1.49. The quantitative estimate of drug-likeness (QED) is 0.617. The molecule has 0 aliphatic rings. The molecule has 28 heavy (non-hydrogen) atoms. The first kappa shape index (κ1) is 19.0. The van der Waals surface area contributed by atoms with Crippen LogP contribution in [0.1, 0.15) is 30.2 Å². The van der Waals surface area contributed by atoms with Gasteiger partial charge in [0.2, 0.25) is 6.10 Å². The number of amides is 1. The second-order valence-electron chi connectivity index (χ2n) is 6.18. The van der Waals surface area contributed by atoms with Crippen molar-refractivity contribution in [1.82, 2.24) is 5.32 Å². The molecule has 2 atom stereocenters. The summed E-state index contributed by atoms with van der Waals surface area (Å²) in [5.74, 6) is 1.24. The van der Waals surface area contributed by atoms with Crippen LogP contribution < -0.4 is 10.1 Å². The van der Waals surface area contributed by atoms with E-state index in [1.807, 2.05) is 73.7 Å². The molecule has 2 unspecified atom stereocenters. The van der Waals surface area contributed by atoms with Gasteiger partial charge in [-0.2, -0.15) is 5.26 Å². The van der Waals surface area contributed by atoms with Gasteiger partial charge in [-0.25, -0.2) is 4.79 Å². The average molecular weight is 372 g/mol. The third-order valence-electron chi connectivity index (χ3n) is 4.12. The number of rotatable bonds is 6. The van der Waals surface area contributed by atoms with E-state index in [1.54, 1.807) is 24.3 Å². The molecule has 0 heterocycles. The number of nitrogens with zero attached hydrogens (tertiary/aromatic N) is 1. The van der Waals surface area contributed by atoms with Crippen molar-refractivity contribution >= 4 is 6.09 Å². The summed E-state index contributed by atoms with van der Waals surface area (Å²) in [4.78, 5) is 12.2. The molecular formula is C23H20N2O3. The Morgan fingerprint density at radius 1 is 0.893 bits per heavy atom. The van der Waals surface area contributed by atoms with E-state index in [1.165, 1.54) is 0 Å². The number of hydrogen-bond donors (Lipinski definition) is 1. The minimum Gasteiger partial charge on any atom is -0.457 e. The minimum atomic E-state index is -1.04. The minimum absolute atomic E-state index is 0.235. The SMILES string of the molecule is CC(NC(=O)OC(C#N)c1cccc(Oc2ccccc2)c1)c1ccccc1. The van der Waals surface area contributed by atoms with Gasteiger partial charge in [0.15, 0.2) is 0 Å². The van der Waals surface area contributed by atoms with Crippen molar-refractivity contribution in [3.63, 3.8) is 0 Å². The monoisotopic (exact) mass is 372 g/mol. The van der Waals surface area contributed by atoms with Crippen LogP contribution in [0.3, 0.4) is 0 Å². The molecule has 0 fully saturated rings. The highest BCUT2D eigenvalue weighted by atomic mass is 16.6. The van der Waals surface area contributed by atoms with Gasteiger partial charge in [0.25, 0.3) is 0 Å². The van der Waals surface area contributed by atoms with E-state index in [0.717, 1.165) is 5.56 Å². The average Bonchev–Trinajstić information content (AvgIpc) is 2.73. The zero-order valence-corrected chi connectivity index (χ0v) is 15.4. The highest BCUT2D eigenvalue weighted by Crippen LogP contribution is 2.26. The molecule has 5 heteroatoms. The van der Waals surface area contributed by atoms with Gasteiger partial charge in [-0.3, -0.25) is 0 Å². The molecule has 0 radical (unpaired) electrons. The van der Waals surface area contributed by atoms with Gasteiger partial charge in [0.1, 0.15) is 17.6 Å². The number of hydrogen-bond acceptors (Lipinski definition) is 4. The molecule has 1 N–H and O–H groups in total. The zero-order valence-electron chi connectivity index (χ0n) is 15.4. The van der Waals surface area contributed by atoms with E-state index in [4.69, 9.17) is 9.47 Å². The van der Waals surface area contributed by atoms with Crippen molar-refractivity contribution in [2.24, 2.45) is 0 Å². The van der Waals surface area contributed by atoms with Crippen LogP contribution in [-0.4, -0.2) is 6.09 Å². The van der Waals surface area contributed by atoms with Gasteiger partial charge >= 0.3 is 6.09 Å². The number of benzene rings is 3. The molecule has 0 aliphatic carbocycles. The molecule has 0 aromatic heterocycles. The van der Waals surface area contributed by atoms with Crippen LogP contribution in [0, 0.1) is 11.3 Å². The number of alkyl carbamates (subject to hydrolysis) is 1. The molecule has 0 saturated carbocycles. The molecule has 3 aromatic carbocycles. The largest absolute Gasteiger partial charge is 0.457 e. The molecule has 0 bridgehead atoms. The predicted octanol–water partition coefficient (Wildman–Crippen LogP) is 5.53. The Hall–Kier alpha value is -3.78. The van der Waals surface area contributed by atoms with Crippen molar-refractivity contribution in [3.05, 3.63) is 96.1 Å². The van der Waals surface area contributed by atoms with Gasteiger partial charge < -0.3 is 14.8 Å². The number of nitriles is 1. The first-order chi connectivity index (χ1) is 13.7. The molecule has 0 spiro atoms. The van der Waals surface area contributed by atoms with Crippen molar-refractivity contribution in [1.29, 1.82) is 5.26 Å². The first-order valence-electron chi connectivity index (χ1n) is 8.90. The number of ether oxygens (including phenoxy) is 2. The Labute approximate surface area is 164 Å². The number of para-hydroxylation sites is 1. The topological polar surface area (TPSA) is 71.3 Å². The summed E-state index contributed by atoms with van der Waals surface area (Å²) in [5, 5.41) is 12.2. The molecule has 0 aliphatic heterocycles. The lowest BCUT2D eigenvalue weighted by Gasteiger charge is -2.17. The van der Waals surface area contributed by atoms with Gasteiger partial charge in [-0.1, -0.05) is 60.7 Å². The number of carbonyl (C=O) groups is 1. The fourth-order valence-electron chi connectivity index (χ4n) is 2.68. The van der Waals surface area contributed by atoms with Crippen molar-refractivity contribution in [3.8, 4) is 17.6 Å². The maximum absolute atomic E-state index is 12.2. The molecule has 1 amide bonds. The van der Waals surface area contributed by atoms with Gasteiger partial charge in [0, 0.05) is 5.56 Å². The summed E-state index contributed by atoms with van der Waals surface area (Å²) in [6, 6.07) is 27.6. The van der Waals surface area contributed by atoms with E-state index < -0.39 is 12.2 Å². The van der Waals surface area contributed by atoms with Gasteiger partial charge in [-0.15, -0.1) is 0 Å². The van der Waals surface area contributed by atoms with Crippen LogP contribution in [0.2, 0.25) is 0 Å². The Balaban J connectivity index is 1.65. The van der Waals surface area contributed by atoms with Crippen molar-refractivity contribution in [2.75, 3.05) is 0 Å². The van der Waals surface area contributed by atoms with Crippen molar-refractivity contribution < 1.29 is 14.3 Å². The Bertz CT molecular complexity index is 952. The van der Waals surface area contributed by atoms with Crippen LogP contribution in [-0.2, 0) is 4.74 Å². The third-order valence-corrected chi connectivity index (χ3v) is 4.12. The first-order valence-corrected chi connectivity index (χ1v) is 8.90. The summed E-state index contributed by atoms with van der Waals surface area (Å²) in [7, 11) is 0. The smallest absolute Gasteiger partial charge is 0.409 e. The van der Waals surface area contributed by atoms with Crippen molar-refractivity contribution in [2.45, 2.75) is 19.1 Å². The lowest BCUT2D eigenvalue weighted by atomic mass is 10.1. The Kier molecular flexibility index (Phi) is 6.27. The van der Waals surface area contributed by atoms with Crippen LogP contribution in [0.5, 0.6) is 11.5 Å². The normalized spacial score (nSPS) is 12.3. The summed E-state index contributed by atoms with van der Waals surface area (Å²) < 4.78 is 11.1. The van der Waals surface area contributed by atoms with E-state index in [2.05, 4.69) is 5.32 Å². The fraction of sp³-hybridized carbons (Fsp3) is 0.130. The Morgan fingerprint density at radius 3 is 2.18 bits per heavy atom. The maximum Gasteiger partial charge on any atom is 0.409 e. The zero-order chi connectivity index (χ0) is 19.8. The highest BCUT2D eigenvalue weighted by Gasteiger charge is 2.18. The Morgan fingerprint density at radius 2 is 1.50 bits per heavy atom. The van der Waals surface area contributed by atoms with Crippen LogP contribution in [0.4, 0.5) is 4.79 Å². The second-order valence-corrected chi connectivity index (χ2v) is 6.18. The lowest BCUT2D eigenvalue weighted by molar-refractivity contribution is 0.120. The third kappa shape index (κ3) is 5.12. The highest BCUT2D eigenvalue weighted by molar-refractivity contribution is 5.68. The lowest BCUT2D eigenvalue weighted by Crippen LogP contribution is -2.28. The van der Waals surface area contributed by atoms with Crippen LogP contribution >= 0.6 is 0 Å². The van der Waals surface area contributed by atoms with E-state index in [9.17, 15) is 10.1 Å². The standard InChI is InChI=1S/C23H20N2O3/c1-17(18-9-4-2-5-10-18)25-23(26)28-22(16-24)19-11-8-14-21(15-19)27-20-12-6-3-7-13-20/h2-15,17,22H,1H3,(H,25,26). The summed E-state index contributed by atoms with van der Waals surface area (Å²) >= 11 is 0. The summed E-state index contributed by atoms with van der Waals surface area (Å²) in [6.07, 6.45) is -1.69. The second kappa shape index (κ2) is 9.24. The maximum atomic E-state index is 12.2. The molecular weight excluding hydrogens is 352 g/mol. The predicted molar refractivity (Wildman–Crippen MR) is 106 cm³/mol. The molecule has 3 rings (SSSR count). The number of nitrogens with one attached hydrogen (secondary N) is 1. The van der Waals surface area contributed by atoms with E-state index in [-0.39, 0.29) is 6.04 Å². The van der Waals surface area contributed by atoms with Gasteiger partial charge in [0.05, 0.1) is 6.04 Å². The number of carbonyl (C=O) groups excluding carboxylic acids is 1. The molecule has 3 aromatic rings. The fourth-order valence-corrected chi connectivity index (χ4v) is 2.68. The molecule has 0 saturated heterocycles.